The molecule has 1 aromatic heterocycles. The summed E-state index contributed by atoms with van der Waals surface area (Å²) in [5, 5.41) is 23.5. The summed E-state index contributed by atoms with van der Waals surface area (Å²) in [4.78, 5) is 16.1. The zero-order chi connectivity index (χ0) is 29.9. The van der Waals surface area contributed by atoms with Crippen LogP contribution in [0.1, 0.15) is 72.7 Å². The molecule has 5 rings (SSSR count). The normalized spacial score (nSPS) is 15.6. The molecule has 0 aliphatic heterocycles. The Hall–Kier alpha value is -2.32. The van der Waals surface area contributed by atoms with Gasteiger partial charge in [0.25, 0.3) is 0 Å². The molecule has 1 aliphatic carbocycles. The molecule has 1 N–H and O–H groups in total. The summed E-state index contributed by atoms with van der Waals surface area (Å²) in [5.74, 6) is -0.751. The van der Waals surface area contributed by atoms with E-state index in [9.17, 15) is 19.2 Å². The molecule has 8 heteroatoms. The monoisotopic (exact) mass is 623 g/mol. The van der Waals surface area contributed by atoms with Gasteiger partial charge in [0.15, 0.2) is 0 Å². The number of aliphatic hydroxyl groups is 1. The fourth-order valence-corrected chi connectivity index (χ4v) is 7.77. The Morgan fingerprint density at radius 1 is 1.07 bits per heavy atom. The second-order valence-electron chi connectivity index (χ2n) is 11.9. The van der Waals surface area contributed by atoms with Gasteiger partial charge in [-0.2, -0.15) is 0 Å². The van der Waals surface area contributed by atoms with E-state index < -0.39 is 27.8 Å². The molecular formula is C35H35ClNNaO4S. The number of halogens is 1. The maximum Gasteiger partial charge on any atom is 1.00 e. The second kappa shape index (κ2) is 14.2. The number of pyridine rings is 1. The SMILES string of the molecule is CC(C)(O)c1ccccc1CC[C@H](c1cccc(/C=C/c2ccc3ccc(Cl)cc3n2)c1)S(=O)CC1(CC(=O)[O-])CC1.[Na+]. The van der Waals surface area contributed by atoms with E-state index >= 15 is 0 Å². The van der Waals surface area contributed by atoms with Crippen LogP contribution in [0.15, 0.2) is 78.9 Å². The van der Waals surface area contributed by atoms with E-state index in [1.807, 2.05) is 84.9 Å². The molecule has 1 aliphatic rings. The molecule has 1 unspecified atom stereocenters. The number of fused-ring (bicyclic) bond motifs is 1. The fraction of sp³-hybridized carbons (Fsp3) is 0.314. The van der Waals surface area contributed by atoms with Crippen LogP contribution in [-0.2, 0) is 27.6 Å². The Morgan fingerprint density at radius 2 is 1.81 bits per heavy atom. The zero-order valence-corrected chi connectivity index (χ0v) is 28.5. The summed E-state index contributed by atoms with van der Waals surface area (Å²) >= 11 is 6.15. The molecule has 2 atom stereocenters. The largest absolute Gasteiger partial charge is 1.00 e. The van der Waals surface area contributed by atoms with Gasteiger partial charge >= 0.3 is 29.6 Å². The Morgan fingerprint density at radius 3 is 2.53 bits per heavy atom. The van der Waals surface area contributed by atoms with Crippen molar-refractivity contribution in [3.8, 4) is 0 Å². The maximum absolute atomic E-state index is 13.9. The van der Waals surface area contributed by atoms with Gasteiger partial charge in [-0.3, -0.25) is 4.21 Å². The van der Waals surface area contributed by atoms with E-state index in [2.05, 4.69) is 6.07 Å². The smallest absolute Gasteiger partial charge is 0.550 e. The van der Waals surface area contributed by atoms with Gasteiger partial charge in [0.05, 0.1) is 22.1 Å². The van der Waals surface area contributed by atoms with Crippen molar-refractivity contribution in [1.82, 2.24) is 4.98 Å². The van der Waals surface area contributed by atoms with Crippen LogP contribution in [0.3, 0.4) is 0 Å². The molecule has 0 bridgehead atoms. The number of benzene rings is 3. The van der Waals surface area contributed by atoms with Crippen LogP contribution >= 0.6 is 11.6 Å². The number of rotatable bonds is 12. The van der Waals surface area contributed by atoms with Crippen LogP contribution in [0.25, 0.3) is 23.1 Å². The van der Waals surface area contributed by atoms with E-state index in [1.165, 1.54) is 0 Å². The Labute approximate surface area is 283 Å². The summed E-state index contributed by atoms with van der Waals surface area (Å²) in [6.07, 6.45) is 6.63. The van der Waals surface area contributed by atoms with Crippen molar-refractivity contribution in [2.24, 2.45) is 5.41 Å². The number of aromatic nitrogens is 1. The van der Waals surface area contributed by atoms with Crippen molar-refractivity contribution in [2.75, 3.05) is 5.75 Å². The molecule has 0 spiro atoms. The number of carboxylic acids is 1. The number of carbonyl (C=O) groups is 1. The van der Waals surface area contributed by atoms with Crippen LogP contribution in [0.2, 0.25) is 5.02 Å². The first-order valence-electron chi connectivity index (χ1n) is 14.2. The van der Waals surface area contributed by atoms with Crippen LogP contribution < -0.4 is 34.7 Å². The Kier molecular flexibility index (Phi) is 11.1. The summed E-state index contributed by atoms with van der Waals surface area (Å²) in [6, 6.07) is 25.4. The van der Waals surface area contributed by atoms with Crippen LogP contribution in [0.4, 0.5) is 0 Å². The summed E-state index contributed by atoms with van der Waals surface area (Å²) in [6.45, 7) is 3.54. The molecule has 0 saturated heterocycles. The van der Waals surface area contributed by atoms with Crippen molar-refractivity contribution in [3.05, 3.63) is 112 Å². The quantitative estimate of drug-likeness (QED) is 0.244. The van der Waals surface area contributed by atoms with Gasteiger partial charge < -0.3 is 15.0 Å². The third kappa shape index (κ3) is 8.87. The van der Waals surface area contributed by atoms with Gasteiger partial charge in [-0.05, 0) is 97.9 Å². The molecule has 43 heavy (non-hydrogen) atoms. The topological polar surface area (TPSA) is 90.3 Å². The molecule has 1 saturated carbocycles. The maximum atomic E-state index is 13.9. The Bertz CT molecular complexity index is 1660. The van der Waals surface area contributed by atoms with Crippen molar-refractivity contribution in [3.63, 3.8) is 0 Å². The fourth-order valence-electron chi connectivity index (χ4n) is 5.57. The molecule has 218 valence electrons. The van der Waals surface area contributed by atoms with E-state index in [-0.39, 0.29) is 41.2 Å². The molecule has 1 heterocycles. The van der Waals surface area contributed by atoms with Crippen molar-refractivity contribution in [2.45, 2.75) is 56.8 Å². The van der Waals surface area contributed by atoms with Crippen LogP contribution in [0, 0.1) is 5.41 Å². The molecule has 0 amide bonds. The van der Waals surface area contributed by atoms with Gasteiger partial charge in [0.2, 0.25) is 0 Å². The molecular weight excluding hydrogens is 589 g/mol. The number of hydrogen-bond acceptors (Lipinski definition) is 5. The molecule has 4 aromatic rings. The first kappa shape index (κ1) is 33.6. The third-order valence-electron chi connectivity index (χ3n) is 8.00. The summed E-state index contributed by atoms with van der Waals surface area (Å²) in [7, 11) is -1.30. The molecule has 5 nitrogen and oxygen atoms in total. The van der Waals surface area contributed by atoms with Gasteiger partial charge in [0, 0.05) is 32.9 Å². The number of carbonyl (C=O) groups excluding carboxylic acids is 1. The van der Waals surface area contributed by atoms with Crippen molar-refractivity contribution < 1.29 is 48.8 Å². The first-order valence-corrected chi connectivity index (χ1v) is 16.0. The minimum absolute atomic E-state index is 0. The number of nitrogens with zero attached hydrogens (tertiary/aromatic N) is 1. The summed E-state index contributed by atoms with van der Waals surface area (Å²) < 4.78 is 13.9. The van der Waals surface area contributed by atoms with Crippen molar-refractivity contribution in [1.29, 1.82) is 0 Å². The van der Waals surface area contributed by atoms with E-state index in [0.29, 0.717) is 23.6 Å². The van der Waals surface area contributed by atoms with Crippen molar-refractivity contribution >= 4 is 51.4 Å². The van der Waals surface area contributed by atoms with Crippen LogP contribution in [0.5, 0.6) is 0 Å². The zero-order valence-electron chi connectivity index (χ0n) is 24.9. The molecule has 0 radical (unpaired) electrons. The second-order valence-corrected chi connectivity index (χ2v) is 13.9. The van der Waals surface area contributed by atoms with Gasteiger partial charge in [-0.15, -0.1) is 0 Å². The Balaban J connectivity index is 0.00000423. The van der Waals surface area contributed by atoms with Gasteiger partial charge in [-0.25, -0.2) is 4.98 Å². The molecule has 1 fully saturated rings. The standard InChI is InChI=1S/C35H36ClNO4S.Na/c1-34(2,40)30-9-4-3-7-25(30)13-17-32(42(41)23-35(18-19-35)22-33(38)39)27-8-5-6-24(20-27)10-15-29-16-12-26-11-14-28(36)21-31(26)37-29;/h3-12,14-16,20-21,32,40H,13,17-19,22-23H2,1-2H3,(H,38,39);/q;+1/p-1/b15-10+;/t32-,42?;/m1./s1. The van der Waals surface area contributed by atoms with Crippen LogP contribution in [-0.4, -0.2) is 26.0 Å². The van der Waals surface area contributed by atoms with E-state index in [4.69, 9.17) is 16.6 Å². The number of carboxylic acid groups (broad SMARTS) is 1. The average molecular weight is 624 g/mol. The molecule has 3 aromatic carbocycles. The summed E-state index contributed by atoms with van der Waals surface area (Å²) in [5.41, 5.74) is 3.96. The predicted molar refractivity (Wildman–Crippen MR) is 169 cm³/mol. The predicted octanol–water partition coefficient (Wildman–Crippen LogP) is 3.63. The van der Waals surface area contributed by atoms with E-state index in [0.717, 1.165) is 51.7 Å². The van der Waals surface area contributed by atoms with Gasteiger partial charge in [0.1, 0.15) is 0 Å². The van der Waals surface area contributed by atoms with Gasteiger partial charge in [-0.1, -0.05) is 78.3 Å². The average Bonchev–Trinajstić information content (AvgIpc) is 3.69. The number of hydrogen-bond donors (Lipinski definition) is 1. The third-order valence-corrected chi connectivity index (χ3v) is 10.3. The van der Waals surface area contributed by atoms with E-state index in [1.54, 1.807) is 13.8 Å². The number of aliphatic carboxylic acids is 1. The number of aryl methyl sites for hydroxylation is 1. The minimum atomic E-state index is -1.30. The minimum Gasteiger partial charge on any atom is -0.550 e. The first-order chi connectivity index (χ1) is 20.0.